The van der Waals surface area contributed by atoms with Gasteiger partial charge in [-0.3, -0.25) is 9.78 Å². The molecule has 0 spiro atoms. The predicted molar refractivity (Wildman–Crippen MR) is 170 cm³/mol. The molecule has 0 saturated carbocycles. The van der Waals surface area contributed by atoms with Gasteiger partial charge in [-0.05, 0) is 68.0 Å². The number of carbonyl (C=O) groups is 3. The van der Waals surface area contributed by atoms with Gasteiger partial charge in [-0.15, -0.1) is 11.3 Å². The highest BCUT2D eigenvalue weighted by molar-refractivity contribution is 7.89. The summed E-state index contributed by atoms with van der Waals surface area (Å²) < 4.78 is 35.4. The Balaban J connectivity index is 1.73. The molecule has 45 heavy (non-hydrogen) atoms. The summed E-state index contributed by atoms with van der Waals surface area (Å²) in [5.41, 5.74) is -2.11. The van der Waals surface area contributed by atoms with E-state index in [1.807, 2.05) is 30.3 Å². The van der Waals surface area contributed by atoms with E-state index < -0.39 is 45.1 Å². The standard InChI is InChI=1S/C32H36N4O7S2/c1-31(2,3)27(29(38)39)36(30(40)43-32(4,5)6)28(37)25-14-9-12-22(34-25)19-35(45(41,42)24-13-10-16-33-18-24)20-23-17-21-11-7-8-15-26(21)44-23/h7-18,27H,19-20H2,1-6H3,(H,38,39). The molecule has 13 heteroatoms. The summed E-state index contributed by atoms with van der Waals surface area (Å²) in [6, 6.07) is 15.5. The zero-order valence-electron chi connectivity index (χ0n) is 25.9. The van der Waals surface area contributed by atoms with Gasteiger partial charge in [0, 0.05) is 28.5 Å². The Kier molecular flexibility index (Phi) is 9.76. The Hall–Kier alpha value is -4.20. The number of benzene rings is 1. The third-order valence-corrected chi connectivity index (χ3v) is 9.44. The van der Waals surface area contributed by atoms with Crippen molar-refractivity contribution in [2.75, 3.05) is 0 Å². The number of amides is 2. The molecular weight excluding hydrogens is 617 g/mol. The minimum atomic E-state index is -4.07. The van der Waals surface area contributed by atoms with Gasteiger partial charge in [0.2, 0.25) is 10.0 Å². The number of hydrogen-bond acceptors (Lipinski definition) is 9. The lowest BCUT2D eigenvalue weighted by Gasteiger charge is -2.36. The molecule has 3 aromatic heterocycles. The molecular formula is C32H36N4O7S2. The highest BCUT2D eigenvalue weighted by Crippen LogP contribution is 2.30. The van der Waals surface area contributed by atoms with Gasteiger partial charge < -0.3 is 9.84 Å². The van der Waals surface area contributed by atoms with Gasteiger partial charge in [-0.2, -0.15) is 4.31 Å². The average Bonchev–Trinajstić information content (AvgIpc) is 3.36. The van der Waals surface area contributed by atoms with E-state index >= 15 is 0 Å². The number of hydrogen-bond donors (Lipinski definition) is 1. The Labute approximate surface area is 266 Å². The van der Waals surface area contributed by atoms with E-state index in [9.17, 15) is 27.9 Å². The molecule has 11 nitrogen and oxygen atoms in total. The van der Waals surface area contributed by atoms with Crippen LogP contribution in [0.3, 0.4) is 0 Å². The monoisotopic (exact) mass is 652 g/mol. The topological polar surface area (TPSA) is 147 Å². The van der Waals surface area contributed by atoms with E-state index in [2.05, 4.69) is 9.97 Å². The minimum absolute atomic E-state index is 0.0103. The number of rotatable bonds is 9. The number of carboxylic acid groups (broad SMARTS) is 1. The van der Waals surface area contributed by atoms with Crippen molar-refractivity contribution in [3.63, 3.8) is 0 Å². The number of thiophene rings is 1. The third kappa shape index (κ3) is 8.10. The number of carbonyl (C=O) groups excluding carboxylic acids is 2. The molecule has 0 radical (unpaired) electrons. The molecule has 0 saturated heterocycles. The largest absolute Gasteiger partial charge is 0.480 e. The first-order valence-electron chi connectivity index (χ1n) is 14.1. The van der Waals surface area contributed by atoms with Crippen LogP contribution in [-0.2, 0) is 32.6 Å². The van der Waals surface area contributed by atoms with Gasteiger partial charge in [-0.25, -0.2) is 27.9 Å². The maximum atomic E-state index is 13.9. The summed E-state index contributed by atoms with van der Waals surface area (Å²) in [7, 11) is -4.07. The first-order valence-corrected chi connectivity index (χ1v) is 16.4. The summed E-state index contributed by atoms with van der Waals surface area (Å²) in [5, 5.41) is 11.1. The van der Waals surface area contributed by atoms with E-state index in [-0.39, 0.29) is 29.4 Å². The molecule has 1 N–H and O–H groups in total. The van der Waals surface area contributed by atoms with E-state index in [0.717, 1.165) is 15.0 Å². The smallest absolute Gasteiger partial charge is 0.418 e. The fourth-order valence-corrected chi connectivity index (χ4v) is 7.15. The van der Waals surface area contributed by atoms with Gasteiger partial charge in [0.1, 0.15) is 22.2 Å². The van der Waals surface area contributed by atoms with Crippen LogP contribution in [0.15, 0.2) is 78.0 Å². The van der Waals surface area contributed by atoms with Crippen LogP contribution in [0.5, 0.6) is 0 Å². The van der Waals surface area contributed by atoms with E-state index in [1.165, 1.54) is 52.3 Å². The average molecular weight is 653 g/mol. The van der Waals surface area contributed by atoms with Gasteiger partial charge in [0.15, 0.2) is 0 Å². The summed E-state index contributed by atoms with van der Waals surface area (Å²) in [5.74, 6) is -2.38. The highest BCUT2D eigenvalue weighted by Gasteiger charge is 2.45. The van der Waals surface area contributed by atoms with Crippen molar-refractivity contribution < 1.29 is 32.6 Å². The predicted octanol–water partition coefficient (Wildman–Crippen LogP) is 5.96. The zero-order chi connectivity index (χ0) is 33.2. The summed E-state index contributed by atoms with van der Waals surface area (Å²) in [6.45, 7) is 9.39. The summed E-state index contributed by atoms with van der Waals surface area (Å²) in [6.07, 6.45) is 1.61. The van der Waals surface area contributed by atoms with E-state index in [0.29, 0.717) is 4.90 Å². The lowest BCUT2D eigenvalue weighted by atomic mass is 9.85. The Morgan fingerprint density at radius 2 is 1.67 bits per heavy atom. The highest BCUT2D eigenvalue weighted by atomic mass is 32.2. The van der Waals surface area contributed by atoms with Crippen molar-refractivity contribution in [2.45, 2.75) is 71.2 Å². The molecule has 0 aliphatic heterocycles. The Morgan fingerprint density at radius 1 is 0.956 bits per heavy atom. The summed E-state index contributed by atoms with van der Waals surface area (Å²) in [4.78, 5) is 49.3. The number of pyridine rings is 2. The van der Waals surface area contributed by atoms with Crippen molar-refractivity contribution in [3.8, 4) is 0 Å². The quantitative estimate of drug-likeness (QED) is 0.231. The molecule has 1 atom stereocenters. The molecule has 0 bridgehead atoms. The summed E-state index contributed by atoms with van der Waals surface area (Å²) >= 11 is 1.47. The number of aromatic nitrogens is 2. The van der Waals surface area contributed by atoms with E-state index in [4.69, 9.17) is 4.74 Å². The van der Waals surface area contributed by atoms with Crippen molar-refractivity contribution >= 4 is 49.4 Å². The Bertz CT molecular complexity index is 1780. The molecule has 2 amide bonds. The van der Waals surface area contributed by atoms with Crippen molar-refractivity contribution in [3.05, 3.63) is 89.3 Å². The molecule has 1 unspecified atom stereocenters. The van der Waals surface area contributed by atoms with Crippen LogP contribution in [-0.4, -0.2) is 62.3 Å². The SMILES string of the molecule is CC(C)(C)OC(=O)N(C(=O)c1cccc(CN(Cc2cc3ccccc3s2)S(=O)(=O)c2cccnc2)n1)C(C(=O)O)C(C)(C)C. The van der Waals surface area contributed by atoms with Crippen LogP contribution in [0.1, 0.15) is 62.6 Å². The molecule has 3 heterocycles. The molecule has 0 aliphatic rings. The van der Waals surface area contributed by atoms with Crippen LogP contribution in [0.4, 0.5) is 4.79 Å². The number of imide groups is 1. The number of carboxylic acids is 1. The Morgan fingerprint density at radius 3 is 2.27 bits per heavy atom. The maximum absolute atomic E-state index is 13.9. The van der Waals surface area contributed by atoms with Crippen LogP contribution in [0, 0.1) is 5.41 Å². The minimum Gasteiger partial charge on any atom is -0.480 e. The second kappa shape index (κ2) is 13.0. The fraction of sp³-hybridized carbons (Fsp3) is 0.344. The van der Waals surface area contributed by atoms with Gasteiger partial charge in [0.05, 0.1) is 12.2 Å². The van der Waals surface area contributed by atoms with Gasteiger partial charge >= 0.3 is 12.1 Å². The first-order chi connectivity index (χ1) is 21.0. The van der Waals surface area contributed by atoms with Crippen molar-refractivity contribution in [2.24, 2.45) is 5.41 Å². The molecule has 0 aliphatic carbocycles. The number of fused-ring (bicyclic) bond motifs is 1. The maximum Gasteiger partial charge on any atom is 0.418 e. The molecule has 4 aromatic rings. The molecule has 238 valence electrons. The number of nitrogens with zero attached hydrogens (tertiary/aromatic N) is 4. The zero-order valence-corrected chi connectivity index (χ0v) is 27.6. The van der Waals surface area contributed by atoms with E-state index in [1.54, 1.807) is 47.6 Å². The van der Waals surface area contributed by atoms with Gasteiger partial charge in [0.25, 0.3) is 5.91 Å². The van der Waals surface area contributed by atoms with Crippen molar-refractivity contribution in [1.29, 1.82) is 0 Å². The van der Waals surface area contributed by atoms with Crippen molar-refractivity contribution in [1.82, 2.24) is 19.2 Å². The van der Waals surface area contributed by atoms with Crippen LogP contribution in [0.25, 0.3) is 10.1 Å². The molecule has 4 rings (SSSR count). The number of sulfonamides is 1. The second-order valence-corrected chi connectivity index (χ2v) is 15.6. The van der Waals surface area contributed by atoms with Crippen LogP contribution < -0.4 is 0 Å². The van der Waals surface area contributed by atoms with Crippen LogP contribution >= 0.6 is 11.3 Å². The van der Waals surface area contributed by atoms with Crippen LogP contribution in [0.2, 0.25) is 0 Å². The number of aliphatic carboxylic acids is 1. The number of ether oxygens (including phenoxy) is 1. The fourth-order valence-electron chi connectivity index (χ4n) is 4.64. The van der Waals surface area contributed by atoms with Gasteiger partial charge in [-0.1, -0.05) is 45.0 Å². The third-order valence-electron chi connectivity index (χ3n) is 6.57. The second-order valence-electron chi connectivity index (χ2n) is 12.5. The molecule has 0 fully saturated rings. The lowest BCUT2D eigenvalue weighted by Crippen LogP contribution is -2.56. The molecule has 1 aromatic carbocycles. The lowest BCUT2D eigenvalue weighted by molar-refractivity contribution is -0.146. The normalized spacial score (nSPS) is 13.0. The first kappa shape index (κ1) is 33.7.